The average Bonchev–Trinajstić information content (AvgIpc) is 3.14. The molecule has 0 aliphatic heterocycles. The predicted molar refractivity (Wildman–Crippen MR) is 85.3 cm³/mol. The minimum Gasteiger partial charge on any atom is -0.345 e. The molecule has 5 nitrogen and oxygen atoms in total. The lowest BCUT2D eigenvalue weighted by atomic mass is 10.1. The van der Waals surface area contributed by atoms with Crippen LogP contribution in [0, 0.1) is 0 Å². The number of nitrogens with zero attached hydrogens (tertiary/aromatic N) is 3. The highest BCUT2D eigenvalue weighted by Gasteiger charge is 2.25. The summed E-state index contributed by atoms with van der Waals surface area (Å²) in [5.41, 5.74) is 0. The van der Waals surface area contributed by atoms with Crippen LogP contribution in [0.25, 0.3) is 0 Å². The lowest BCUT2D eigenvalue weighted by molar-refractivity contribution is -0.131. The molecule has 2 atom stereocenters. The highest BCUT2D eigenvalue weighted by Crippen LogP contribution is 2.25. The highest BCUT2D eigenvalue weighted by atomic mass is 32.1. The monoisotopic (exact) mass is 306 g/mol. The maximum absolute atomic E-state index is 12.3. The van der Waals surface area contributed by atoms with Gasteiger partial charge in [0.15, 0.2) is 0 Å². The molecule has 2 heterocycles. The summed E-state index contributed by atoms with van der Waals surface area (Å²) in [6.45, 7) is 4.58. The third-order valence-electron chi connectivity index (χ3n) is 3.58. The van der Waals surface area contributed by atoms with Crippen molar-refractivity contribution in [3.05, 3.63) is 40.6 Å². The summed E-state index contributed by atoms with van der Waals surface area (Å²) in [4.78, 5) is 19.6. The Bertz CT molecular complexity index is 578. The van der Waals surface area contributed by atoms with Gasteiger partial charge in [0.1, 0.15) is 11.9 Å². The molecule has 1 amide bonds. The van der Waals surface area contributed by atoms with Gasteiger partial charge >= 0.3 is 0 Å². The first-order chi connectivity index (χ1) is 10.0. The molecule has 0 aliphatic carbocycles. The summed E-state index contributed by atoms with van der Waals surface area (Å²) >= 11 is 1.67. The molecule has 2 rings (SSSR count). The number of hydrogen-bond donors (Lipinski definition) is 1. The van der Waals surface area contributed by atoms with E-state index in [4.69, 9.17) is 0 Å². The second-order valence-electron chi connectivity index (χ2n) is 5.09. The zero-order chi connectivity index (χ0) is 15.4. The number of amides is 1. The van der Waals surface area contributed by atoms with Gasteiger partial charge in [0, 0.05) is 37.9 Å². The number of nitrogens with one attached hydrogen (secondary N) is 1. The smallest absolute Gasteiger partial charge is 0.239 e. The van der Waals surface area contributed by atoms with Crippen LogP contribution in [0.15, 0.2) is 29.9 Å². The Hall–Kier alpha value is -1.66. The Balaban J connectivity index is 2.22. The van der Waals surface area contributed by atoms with Crippen LogP contribution in [0.2, 0.25) is 0 Å². The van der Waals surface area contributed by atoms with Gasteiger partial charge in [0.2, 0.25) is 5.91 Å². The molecule has 2 unspecified atom stereocenters. The minimum atomic E-state index is -0.265. The number of thiophene rings is 1. The van der Waals surface area contributed by atoms with Crippen LogP contribution in [0.5, 0.6) is 0 Å². The van der Waals surface area contributed by atoms with Crippen LogP contribution in [-0.4, -0.2) is 40.0 Å². The molecule has 0 bridgehead atoms. The van der Waals surface area contributed by atoms with Crippen LogP contribution in [0.1, 0.15) is 30.6 Å². The summed E-state index contributed by atoms with van der Waals surface area (Å²) in [7, 11) is 3.79. The maximum atomic E-state index is 12.3. The number of rotatable bonds is 6. The molecular formula is C15H22N4OS. The van der Waals surface area contributed by atoms with Crippen LogP contribution in [0.4, 0.5) is 0 Å². The summed E-state index contributed by atoms with van der Waals surface area (Å²) in [6, 6.07) is 3.74. The first kappa shape index (κ1) is 15.7. The highest BCUT2D eigenvalue weighted by molar-refractivity contribution is 7.10. The lowest BCUT2D eigenvalue weighted by Gasteiger charge is -2.25. The molecule has 0 saturated heterocycles. The van der Waals surface area contributed by atoms with Crippen molar-refractivity contribution in [1.82, 2.24) is 19.8 Å². The normalized spacial score (nSPS) is 13.9. The average molecular weight is 306 g/mol. The molecule has 0 fully saturated rings. The molecule has 21 heavy (non-hydrogen) atoms. The Morgan fingerprint density at radius 3 is 2.86 bits per heavy atom. The van der Waals surface area contributed by atoms with E-state index < -0.39 is 0 Å². The van der Waals surface area contributed by atoms with Crippen molar-refractivity contribution >= 4 is 17.2 Å². The lowest BCUT2D eigenvalue weighted by Crippen LogP contribution is -2.45. The van der Waals surface area contributed by atoms with E-state index in [0.717, 1.165) is 10.7 Å². The standard InChI is InChI=1S/C15H22N4OS/c1-5-18(3)15(20)11(2)17-13(12-7-6-10-21-12)14-16-8-9-19(14)4/h6-11,13,17H,5H2,1-4H3. The number of carbonyl (C=O) groups is 1. The predicted octanol–water partition coefficient (Wildman–Crippen LogP) is 2.03. The van der Waals surface area contributed by atoms with Crippen molar-refractivity contribution in [3.63, 3.8) is 0 Å². The van der Waals surface area contributed by atoms with Gasteiger partial charge in [-0.05, 0) is 25.3 Å². The molecule has 1 N–H and O–H groups in total. The van der Waals surface area contributed by atoms with Crippen LogP contribution in [-0.2, 0) is 11.8 Å². The van der Waals surface area contributed by atoms with E-state index in [9.17, 15) is 4.79 Å². The maximum Gasteiger partial charge on any atom is 0.239 e. The molecule has 6 heteroatoms. The van der Waals surface area contributed by atoms with E-state index in [1.165, 1.54) is 0 Å². The Morgan fingerprint density at radius 2 is 2.33 bits per heavy atom. The number of aryl methyl sites for hydroxylation is 1. The van der Waals surface area contributed by atoms with E-state index in [1.54, 1.807) is 22.4 Å². The Labute approximate surface area is 129 Å². The number of imidazole rings is 1. The van der Waals surface area contributed by atoms with Crippen molar-refractivity contribution in [1.29, 1.82) is 0 Å². The van der Waals surface area contributed by atoms with Gasteiger partial charge in [-0.2, -0.15) is 0 Å². The van der Waals surface area contributed by atoms with Crippen molar-refractivity contribution in [2.24, 2.45) is 7.05 Å². The first-order valence-electron chi connectivity index (χ1n) is 7.06. The molecule has 0 spiro atoms. The van der Waals surface area contributed by atoms with Crippen molar-refractivity contribution in [2.45, 2.75) is 25.9 Å². The third-order valence-corrected chi connectivity index (χ3v) is 4.52. The number of carbonyl (C=O) groups excluding carboxylic acids is 1. The van der Waals surface area contributed by atoms with E-state index in [2.05, 4.69) is 16.4 Å². The van der Waals surface area contributed by atoms with Gasteiger partial charge in [0.25, 0.3) is 0 Å². The molecule has 114 valence electrons. The summed E-state index contributed by atoms with van der Waals surface area (Å²) < 4.78 is 1.98. The van der Waals surface area contributed by atoms with Gasteiger partial charge in [-0.25, -0.2) is 4.98 Å². The molecule has 2 aromatic heterocycles. The summed E-state index contributed by atoms with van der Waals surface area (Å²) in [5, 5.41) is 5.45. The van der Waals surface area contributed by atoms with Crippen molar-refractivity contribution in [2.75, 3.05) is 13.6 Å². The van der Waals surface area contributed by atoms with Gasteiger partial charge in [-0.1, -0.05) is 6.07 Å². The molecular weight excluding hydrogens is 284 g/mol. The van der Waals surface area contributed by atoms with E-state index in [0.29, 0.717) is 6.54 Å². The Morgan fingerprint density at radius 1 is 1.57 bits per heavy atom. The van der Waals surface area contributed by atoms with E-state index in [1.807, 2.05) is 50.2 Å². The van der Waals surface area contributed by atoms with Gasteiger partial charge in [-0.15, -0.1) is 11.3 Å². The SMILES string of the molecule is CCN(C)C(=O)C(C)NC(c1cccs1)c1nccn1C. The summed E-state index contributed by atoms with van der Waals surface area (Å²) in [6.07, 6.45) is 3.70. The van der Waals surface area contributed by atoms with Crippen LogP contribution >= 0.6 is 11.3 Å². The fraction of sp³-hybridized carbons (Fsp3) is 0.467. The quantitative estimate of drug-likeness (QED) is 0.888. The van der Waals surface area contributed by atoms with Gasteiger partial charge in [-0.3, -0.25) is 10.1 Å². The number of aromatic nitrogens is 2. The molecule has 0 aromatic carbocycles. The number of hydrogen-bond acceptors (Lipinski definition) is 4. The van der Waals surface area contributed by atoms with Crippen LogP contribution < -0.4 is 5.32 Å². The fourth-order valence-corrected chi connectivity index (χ4v) is 2.98. The topological polar surface area (TPSA) is 50.2 Å². The molecule has 0 radical (unpaired) electrons. The minimum absolute atomic E-state index is 0.0748. The third kappa shape index (κ3) is 3.51. The van der Waals surface area contributed by atoms with Crippen molar-refractivity contribution in [3.8, 4) is 0 Å². The molecule has 0 saturated carbocycles. The fourth-order valence-electron chi connectivity index (χ4n) is 2.20. The van der Waals surface area contributed by atoms with Crippen molar-refractivity contribution < 1.29 is 4.79 Å². The Kier molecular flexibility index (Phi) is 5.14. The van der Waals surface area contributed by atoms with E-state index in [-0.39, 0.29) is 18.0 Å². The number of likely N-dealkylation sites (N-methyl/N-ethyl adjacent to an activating group) is 1. The second kappa shape index (κ2) is 6.87. The second-order valence-corrected chi connectivity index (χ2v) is 6.06. The molecule has 0 aliphatic rings. The largest absolute Gasteiger partial charge is 0.345 e. The molecule has 2 aromatic rings. The zero-order valence-electron chi connectivity index (χ0n) is 12.9. The van der Waals surface area contributed by atoms with Crippen LogP contribution in [0.3, 0.4) is 0 Å². The zero-order valence-corrected chi connectivity index (χ0v) is 13.7. The first-order valence-corrected chi connectivity index (χ1v) is 7.94. The van der Waals surface area contributed by atoms with E-state index >= 15 is 0 Å². The summed E-state index contributed by atoms with van der Waals surface area (Å²) in [5.74, 6) is 1.00. The van der Waals surface area contributed by atoms with Gasteiger partial charge < -0.3 is 9.47 Å². The van der Waals surface area contributed by atoms with Gasteiger partial charge in [0.05, 0.1) is 6.04 Å².